The molecule has 2 aliphatic heterocycles. The van der Waals surface area contributed by atoms with Crippen LogP contribution in [0.2, 0.25) is 10.0 Å². The second-order valence-corrected chi connectivity index (χ2v) is 8.55. The summed E-state index contributed by atoms with van der Waals surface area (Å²) in [5.74, 6) is -0.655. The Morgan fingerprint density at radius 1 is 1.17 bits per heavy atom. The number of nitrogens with one attached hydrogen (secondary N) is 1. The number of aromatic nitrogens is 2. The third-order valence-corrected chi connectivity index (χ3v) is 6.43. The number of halogens is 3. The van der Waals surface area contributed by atoms with Gasteiger partial charge in [0.25, 0.3) is 5.91 Å². The quantitative estimate of drug-likeness (QED) is 0.588. The zero-order valence-electron chi connectivity index (χ0n) is 15.7. The first-order valence-corrected chi connectivity index (χ1v) is 10.2. The van der Waals surface area contributed by atoms with Gasteiger partial charge in [0, 0.05) is 42.9 Å². The standard InChI is InChI=1S/C21H16Cl2FN3O3/c22-14-8-18-13(7-16(14)24)17(28)9-21(30-18)1-3-27(4-2-21)20(29)11-5-12-10-25-26-19(12)15(23)6-11/h5-8,10H,1-4,9H2,(H,25,26). The van der Waals surface area contributed by atoms with Crippen molar-refractivity contribution >= 4 is 45.8 Å². The van der Waals surface area contributed by atoms with E-state index in [0.29, 0.717) is 47.8 Å². The van der Waals surface area contributed by atoms with Crippen LogP contribution < -0.4 is 4.74 Å². The lowest BCUT2D eigenvalue weighted by molar-refractivity contribution is -0.00578. The van der Waals surface area contributed by atoms with E-state index in [1.165, 1.54) is 6.07 Å². The largest absolute Gasteiger partial charge is 0.486 e. The number of nitrogens with zero attached hydrogens (tertiary/aromatic N) is 2. The van der Waals surface area contributed by atoms with E-state index in [1.807, 2.05) is 0 Å². The molecule has 1 saturated heterocycles. The number of fused-ring (bicyclic) bond motifs is 2. The van der Waals surface area contributed by atoms with Gasteiger partial charge < -0.3 is 9.64 Å². The number of hydrogen-bond donors (Lipinski definition) is 1. The molecule has 2 aliphatic rings. The molecular weight excluding hydrogens is 432 g/mol. The smallest absolute Gasteiger partial charge is 0.253 e. The number of piperidine rings is 1. The van der Waals surface area contributed by atoms with Crippen LogP contribution >= 0.6 is 23.2 Å². The lowest BCUT2D eigenvalue weighted by Gasteiger charge is -2.44. The second kappa shape index (κ2) is 6.96. The highest BCUT2D eigenvalue weighted by Crippen LogP contribution is 2.41. The van der Waals surface area contributed by atoms with Crippen LogP contribution in [0.1, 0.15) is 40.0 Å². The van der Waals surface area contributed by atoms with E-state index in [0.717, 1.165) is 11.5 Å². The van der Waals surface area contributed by atoms with Crippen molar-refractivity contribution < 1.29 is 18.7 Å². The molecule has 154 valence electrons. The van der Waals surface area contributed by atoms with Crippen LogP contribution in [-0.2, 0) is 0 Å². The molecule has 1 N–H and O–H groups in total. The van der Waals surface area contributed by atoms with Crippen molar-refractivity contribution in [2.75, 3.05) is 13.1 Å². The van der Waals surface area contributed by atoms with Crippen LogP contribution in [0.4, 0.5) is 4.39 Å². The minimum Gasteiger partial charge on any atom is -0.486 e. The number of carbonyl (C=O) groups is 2. The first kappa shape index (κ1) is 19.3. The van der Waals surface area contributed by atoms with Gasteiger partial charge in [0.2, 0.25) is 0 Å². The van der Waals surface area contributed by atoms with E-state index < -0.39 is 11.4 Å². The number of carbonyl (C=O) groups excluding carboxylic acids is 2. The van der Waals surface area contributed by atoms with E-state index in [-0.39, 0.29) is 28.7 Å². The maximum absolute atomic E-state index is 13.7. The average molecular weight is 448 g/mol. The number of ether oxygens (including phenoxy) is 1. The molecule has 1 amide bonds. The predicted molar refractivity (Wildman–Crippen MR) is 110 cm³/mol. The summed E-state index contributed by atoms with van der Waals surface area (Å²) in [7, 11) is 0. The van der Waals surface area contributed by atoms with Gasteiger partial charge in [-0.15, -0.1) is 0 Å². The SMILES string of the molecule is O=C1CC2(CCN(C(=O)c3cc(Cl)c4[nH]ncc4c3)CC2)Oc2cc(Cl)c(F)cc21. The fourth-order valence-corrected chi connectivity index (χ4v) is 4.63. The van der Waals surface area contributed by atoms with Gasteiger partial charge in [0.15, 0.2) is 5.78 Å². The second-order valence-electron chi connectivity index (χ2n) is 7.73. The number of amides is 1. The normalized spacial score (nSPS) is 17.8. The third kappa shape index (κ3) is 3.13. The highest BCUT2D eigenvalue weighted by atomic mass is 35.5. The molecule has 1 aromatic heterocycles. The van der Waals surface area contributed by atoms with Crippen LogP contribution in [0.3, 0.4) is 0 Å². The van der Waals surface area contributed by atoms with E-state index in [2.05, 4.69) is 10.2 Å². The summed E-state index contributed by atoms with van der Waals surface area (Å²) in [6.45, 7) is 0.856. The Kier molecular flexibility index (Phi) is 4.48. The Bertz CT molecular complexity index is 1200. The number of Topliss-reactive ketones (excluding diaryl/α,β-unsaturated/α-hetero) is 1. The van der Waals surface area contributed by atoms with Crippen LogP contribution in [0, 0.1) is 5.82 Å². The zero-order valence-corrected chi connectivity index (χ0v) is 17.2. The van der Waals surface area contributed by atoms with Crippen LogP contribution in [-0.4, -0.2) is 45.5 Å². The molecule has 6 nitrogen and oxygen atoms in total. The first-order valence-electron chi connectivity index (χ1n) is 9.48. The molecular formula is C21H16Cl2FN3O3. The van der Waals surface area contributed by atoms with Gasteiger partial charge in [-0.3, -0.25) is 14.7 Å². The summed E-state index contributed by atoms with van der Waals surface area (Å²) >= 11 is 12.1. The van der Waals surface area contributed by atoms with Gasteiger partial charge in [-0.05, 0) is 18.2 Å². The summed E-state index contributed by atoms with van der Waals surface area (Å²) < 4.78 is 19.8. The molecule has 9 heteroatoms. The minimum atomic E-state index is -0.714. The number of benzene rings is 2. The van der Waals surface area contributed by atoms with Crippen molar-refractivity contribution in [2.24, 2.45) is 0 Å². The van der Waals surface area contributed by atoms with Gasteiger partial charge in [-0.1, -0.05) is 23.2 Å². The topological polar surface area (TPSA) is 75.3 Å². The fraction of sp³-hybridized carbons (Fsp3) is 0.286. The Hall–Kier alpha value is -2.64. The van der Waals surface area contributed by atoms with Gasteiger partial charge in [-0.25, -0.2) is 4.39 Å². The lowest BCUT2D eigenvalue weighted by Crippen LogP contribution is -2.52. The van der Waals surface area contributed by atoms with Crippen LogP contribution in [0.5, 0.6) is 5.75 Å². The highest BCUT2D eigenvalue weighted by Gasteiger charge is 2.44. The van der Waals surface area contributed by atoms with Crippen molar-refractivity contribution in [1.82, 2.24) is 15.1 Å². The highest BCUT2D eigenvalue weighted by molar-refractivity contribution is 6.35. The molecule has 1 fully saturated rings. The number of aromatic amines is 1. The lowest BCUT2D eigenvalue weighted by atomic mass is 9.82. The van der Waals surface area contributed by atoms with Crippen molar-refractivity contribution in [2.45, 2.75) is 24.9 Å². The molecule has 0 radical (unpaired) electrons. The average Bonchev–Trinajstić information content (AvgIpc) is 3.19. The molecule has 30 heavy (non-hydrogen) atoms. The molecule has 1 spiro atoms. The van der Waals surface area contributed by atoms with Crippen molar-refractivity contribution in [3.63, 3.8) is 0 Å². The predicted octanol–water partition coefficient (Wildman–Crippen LogP) is 4.65. The van der Waals surface area contributed by atoms with Gasteiger partial charge in [-0.2, -0.15) is 5.10 Å². The minimum absolute atomic E-state index is 0.0854. The van der Waals surface area contributed by atoms with Gasteiger partial charge >= 0.3 is 0 Å². The maximum Gasteiger partial charge on any atom is 0.253 e. The zero-order chi connectivity index (χ0) is 21.0. The monoisotopic (exact) mass is 447 g/mol. The van der Waals surface area contributed by atoms with Gasteiger partial charge in [0.1, 0.15) is 17.2 Å². The van der Waals surface area contributed by atoms with Crippen molar-refractivity contribution in [3.05, 3.63) is 57.5 Å². The Morgan fingerprint density at radius 3 is 2.70 bits per heavy atom. The molecule has 0 unspecified atom stereocenters. The van der Waals surface area contributed by atoms with Crippen LogP contribution in [0.15, 0.2) is 30.5 Å². The molecule has 3 aromatic rings. The molecule has 2 aromatic carbocycles. The van der Waals surface area contributed by atoms with E-state index in [4.69, 9.17) is 27.9 Å². The Labute approximate surface area is 180 Å². The van der Waals surface area contributed by atoms with E-state index in [9.17, 15) is 14.0 Å². The first-order chi connectivity index (χ1) is 14.3. The van der Waals surface area contributed by atoms with Crippen molar-refractivity contribution in [3.8, 4) is 5.75 Å². The molecule has 3 heterocycles. The van der Waals surface area contributed by atoms with Gasteiger partial charge in [0.05, 0.1) is 33.7 Å². The summed E-state index contributed by atoms with van der Waals surface area (Å²) in [6.07, 6.45) is 2.74. The summed E-state index contributed by atoms with van der Waals surface area (Å²) in [5, 5.41) is 7.87. The number of hydrogen-bond acceptors (Lipinski definition) is 4. The fourth-order valence-electron chi connectivity index (χ4n) is 4.20. The molecule has 0 atom stereocenters. The van der Waals surface area contributed by atoms with E-state index in [1.54, 1.807) is 23.2 Å². The molecule has 0 saturated carbocycles. The third-order valence-electron chi connectivity index (χ3n) is 5.84. The maximum atomic E-state index is 13.7. The molecule has 0 bridgehead atoms. The molecule has 5 rings (SSSR count). The number of rotatable bonds is 1. The van der Waals surface area contributed by atoms with Crippen LogP contribution in [0.25, 0.3) is 10.9 Å². The number of H-pyrrole nitrogens is 1. The Balaban J connectivity index is 1.35. The summed E-state index contributed by atoms with van der Waals surface area (Å²) in [4.78, 5) is 27.3. The molecule has 0 aliphatic carbocycles. The summed E-state index contributed by atoms with van der Waals surface area (Å²) in [5.41, 5.74) is 0.671. The number of ketones is 1. The van der Waals surface area contributed by atoms with E-state index >= 15 is 0 Å². The van der Waals surface area contributed by atoms with Crippen molar-refractivity contribution in [1.29, 1.82) is 0 Å². The number of likely N-dealkylation sites (tertiary alicyclic amines) is 1. The summed E-state index contributed by atoms with van der Waals surface area (Å²) in [6, 6.07) is 5.86. The Morgan fingerprint density at radius 2 is 1.93 bits per heavy atom.